The maximum absolute atomic E-state index is 12.7. The number of hydrogen-bond acceptors (Lipinski definition) is 3. The number of benzene rings is 1. The summed E-state index contributed by atoms with van der Waals surface area (Å²) >= 11 is 0. The summed E-state index contributed by atoms with van der Waals surface area (Å²) in [6.45, 7) is 0. The zero-order valence-corrected chi connectivity index (χ0v) is 10.4. The standard InChI is InChI=1S/C15H12FN3/c1-17-15-9-8-13(19-11-15)3-2-10-18-14-6-4-12(16)5-7-14/h4-11,17H,1H3. The molecule has 0 spiro atoms. The van der Waals surface area contributed by atoms with Gasteiger partial charge in [-0.25, -0.2) is 14.4 Å². The van der Waals surface area contributed by atoms with E-state index in [9.17, 15) is 4.39 Å². The van der Waals surface area contributed by atoms with E-state index in [1.54, 1.807) is 18.3 Å². The lowest BCUT2D eigenvalue weighted by Gasteiger charge is -1.96. The van der Waals surface area contributed by atoms with Crippen molar-refractivity contribution in [2.45, 2.75) is 0 Å². The molecule has 0 radical (unpaired) electrons. The van der Waals surface area contributed by atoms with Gasteiger partial charge in [0, 0.05) is 7.05 Å². The second-order valence-electron chi connectivity index (χ2n) is 3.69. The average Bonchev–Trinajstić information content (AvgIpc) is 2.46. The minimum Gasteiger partial charge on any atom is -0.387 e. The monoisotopic (exact) mass is 253 g/mol. The first-order valence-electron chi connectivity index (χ1n) is 5.71. The number of nitrogens with one attached hydrogen (secondary N) is 1. The molecular weight excluding hydrogens is 241 g/mol. The van der Waals surface area contributed by atoms with E-state index in [0.29, 0.717) is 11.4 Å². The van der Waals surface area contributed by atoms with E-state index >= 15 is 0 Å². The lowest BCUT2D eigenvalue weighted by Crippen LogP contribution is -1.89. The Morgan fingerprint density at radius 3 is 2.63 bits per heavy atom. The normalized spacial score (nSPS) is 10.0. The molecule has 0 atom stereocenters. The van der Waals surface area contributed by atoms with Gasteiger partial charge in [-0.2, -0.15) is 0 Å². The van der Waals surface area contributed by atoms with Gasteiger partial charge in [0.05, 0.1) is 23.8 Å². The molecule has 4 heteroatoms. The second-order valence-corrected chi connectivity index (χ2v) is 3.69. The Bertz CT molecular complexity index is 619. The van der Waals surface area contributed by atoms with Crippen molar-refractivity contribution in [1.82, 2.24) is 4.98 Å². The SMILES string of the molecule is CNc1ccc(C#CC=Nc2ccc(F)cc2)nc1. The highest BCUT2D eigenvalue weighted by Gasteiger charge is 1.90. The average molecular weight is 253 g/mol. The number of halogens is 1. The van der Waals surface area contributed by atoms with Crippen LogP contribution < -0.4 is 5.32 Å². The third-order valence-corrected chi connectivity index (χ3v) is 2.36. The molecule has 0 unspecified atom stereocenters. The molecule has 2 aromatic rings. The Labute approximate surface area is 111 Å². The van der Waals surface area contributed by atoms with Crippen LogP contribution in [0.3, 0.4) is 0 Å². The van der Waals surface area contributed by atoms with Gasteiger partial charge in [-0.05, 0) is 48.2 Å². The first-order valence-corrected chi connectivity index (χ1v) is 5.71. The molecule has 0 aliphatic heterocycles. The van der Waals surface area contributed by atoms with E-state index < -0.39 is 0 Å². The fraction of sp³-hybridized carbons (Fsp3) is 0.0667. The zero-order valence-electron chi connectivity index (χ0n) is 10.4. The third kappa shape index (κ3) is 3.93. The molecule has 1 heterocycles. The summed E-state index contributed by atoms with van der Waals surface area (Å²) in [6, 6.07) is 9.62. The van der Waals surface area contributed by atoms with Crippen LogP contribution in [0.2, 0.25) is 0 Å². The Morgan fingerprint density at radius 1 is 1.21 bits per heavy atom. The molecule has 19 heavy (non-hydrogen) atoms. The summed E-state index contributed by atoms with van der Waals surface area (Å²) in [4.78, 5) is 8.25. The van der Waals surface area contributed by atoms with Crippen molar-refractivity contribution in [2.24, 2.45) is 4.99 Å². The molecule has 1 aromatic heterocycles. The minimum absolute atomic E-state index is 0.279. The van der Waals surface area contributed by atoms with Crippen LogP contribution in [-0.2, 0) is 0 Å². The molecule has 3 nitrogen and oxygen atoms in total. The molecule has 0 bridgehead atoms. The summed E-state index contributed by atoms with van der Waals surface area (Å²) in [5.74, 6) is 5.37. The lowest BCUT2D eigenvalue weighted by atomic mass is 10.3. The number of aromatic nitrogens is 1. The maximum atomic E-state index is 12.7. The van der Waals surface area contributed by atoms with Gasteiger partial charge in [0.25, 0.3) is 0 Å². The van der Waals surface area contributed by atoms with Crippen LogP contribution in [0, 0.1) is 17.7 Å². The summed E-state index contributed by atoms with van der Waals surface area (Å²) in [7, 11) is 1.83. The number of rotatable bonds is 2. The predicted molar refractivity (Wildman–Crippen MR) is 75.2 cm³/mol. The number of nitrogens with zero attached hydrogens (tertiary/aromatic N) is 2. The van der Waals surface area contributed by atoms with E-state index in [1.165, 1.54) is 18.3 Å². The van der Waals surface area contributed by atoms with Crippen molar-refractivity contribution in [2.75, 3.05) is 12.4 Å². The molecule has 0 saturated heterocycles. The summed E-state index contributed by atoms with van der Waals surface area (Å²) in [5, 5.41) is 2.98. The predicted octanol–water partition coefficient (Wildman–Crippen LogP) is 3.02. The third-order valence-electron chi connectivity index (χ3n) is 2.36. The molecule has 0 aliphatic rings. The van der Waals surface area contributed by atoms with E-state index in [-0.39, 0.29) is 5.82 Å². The van der Waals surface area contributed by atoms with Gasteiger partial charge in [-0.1, -0.05) is 0 Å². The van der Waals surface area contributed by atoms with Crippen LogP contribution in [0.5, 0.6) is 0 Å². The van der Waals surface area contributed by atoms with Crippen molar-refractivity contribution in [3.8, 4) is 11.8 Å². The van der Waals surface area contributed by atoms with Crippen molar-refractivity contribution in [3.05, 3.63) is 54.1 Å². The van der Waals surface area contributed by atoms with Crippen molar-refractivity contribution in [1.29, 1.82) is 0 Å². The fourth-order valence-electron chi connectivity index (χ4n) is 1.36. The molecular formula is C15H12FN3. The smallest absolute Gasteiger partial charge is 0.123 e. The first kappa shape index (κ1) is 12.8. The van der Waals surface area contributed by atoms with Gasteiger partial charge in [0.2, 0.25) is 0 Å². The topological polar surface area (TPSA) is 37.3 Å². The van der Waals surface area contributed by atoms with Gasteiger partial charge < -0.3 is 5.32 Å². The Balaban J connectivity index is 2.01. The number of pyridine rings is 1. The van der Waals surface area contributed by atoms with Crippen molar-refractivity contribution >= 4 is 17.6 Å². The first-order chi connectivity index (χ1) is 9.28. The number of aliphatic imine (C=N–C) groups is 1. The van der Waals surface area contributed by atoms with Crippen molar-refractivity contribution in [3.63, 3.8) is 0 Å². The highest BCUT2D eigenvalue weighted by Crippen LogP contribution is 2.10. The number of hydrogen-bond donors (Lipinski definition) is 1. The Kier molecular flexibility index (Phi) is 4.25. The largest absolute Gasteiger partial charge is 0.387 e. The maximum Gasteiger partial charge on any atom is 0.123 e. The summed E-state index contributed by atoms with van der Waals surface area (Å²) < 4.78 is 12.7. The number of anilines is 1. The fourth-order valence-corrected chi connectivity index (χ4v) is 1.36. The van der Waals surface area contributed by atoms with E-state index in [2.05, 4.69) is 27.1 Å². The van der Waals surface area contributed by atoms with Crippen LogP contribution in [0.15, 0.2) is 47.6 Å². The van der Waals surface area contributed by atoms with Crippen LogP contribution >= 0.6 is 0 Å². The van der Waals surface area contributed by atoms with Crippen molar-refractivity contribution < 1.29 is 4.39 Å². The van der Waals surface area contributed by atoms with Gasteiger partial charge >= 0.3 is 0 Å². The van der Waals surface area contributed by atoms with Gasteiger partial charge in [0.1, 0.15) is 11.5 Å². The zero-order chi connectivity index (χ0) is 13.5. The van der Waals surface area contributed by atoms with Gasteiger partial charge in [-0.15, -0.1) is 0 Å². The van der Waals surface area contributed by atoms with Crippen LogP contribution in [0.4, 0.5) is 15.8 Å². The minimum atomic E-state index is -0.279. The lowest BCUT2D eigenvalue weighted by molar-refractivity contribution is 0.628. The summed E-state index contributed by atoms with van der Waals surface area (Å²) in [5.41, 5.74) is 2.27. The molecule has 0 saturated carbocycles. The molecule has 0 fully saturated rings. The molecule has 94 valence electrons. The van der Waals surface area contributed by atoms with Gasteiger partial charge in [0.15, 0.2) is 0 Å². The Hall–Kier alpha value is -2.67. The molecule has 0 aliphatic carbocycles. The summed E-state index contributed by atoms with van der Waals surface area (Å²) in [6.07, 6.45) is 3.18. The molecule has 2 rings (SSSR count). The Morgan fingerprint density at radius 2 is 2.00 bits per heavy atom. The van der Waals surface area contributed by atoms with Crippen LogP contribution in [0.1, 0.15) is 5.69 Å². The second kappa shape index (κ2) is 6.31. The van der Waals surface area contributed by atoms with Crippen LogP contribution in [0.25, 0.3) is 0 Å². The highest BCUT2D eigenvalue weighted by molar-refractivity contribution is 5.81. The highest BCUT2D eigenvalue weighted by atomic mass is 19.1. The van der Waals surface area contributed by atoms with Gasteiger partial charge in [-0.3, -0.25) is 0 Å². The van der Waals surface area contributed by atoms with E-state index in [4.69, 9.17) is 0 Å². The quantitative estimate of drug-likeness (QED) is 0.660. The van der Waals surface area contributed by atoms with E-state index in [0.717, 1.165) is 5.69 Å². The van der Waals surface area contributed by atoms with E-state index in [1.807, 2.05) is 19.2 Å². The van der Waals surface area contributed by atoms with Crippen LogP contribution in [-0.4, -0.2) is 18.2 Å². The molecule has 1 N–H and O–H groups in total. The molecule has 1 aromatic carbocycles. The molecule has 0 amide bonds.